The Bertz CT molecular complexity index is 541. The van der Waals surface area contributed by atoms with Crippen LogP contribution in [-0.2, 0) is 0 Å². The van der Waals surface area contributed by atoms with E-state index in [1.165, 1.54) is 5.56 Å². The molecule has 1 aromatic heterocycles. The van der Waals surface area contributed by atoms with Crippen molar-refractivity contribution < 1.29 is 0 Å². The lowest BCUT2D eigenvalue weighted by atomic mass is 10.2. The van der Waals surface area contributed by atoms with Crippen molar-refractivity contribution in [3.8, 4) is 0 Å². The number of rotatable bonds is 5. The first-order chi connectivity index (χ1) is 9.17. The van der Waals surface area contributed by atoms with E-state index in [4.69, 9.17) is 5.73 Å². The van der Waals surface area contributed by atoms with E-state index in [9.17, 15) is 0 Å². The lowest BCUT2D eigenvalue weighted by molar-refractivity contribution is 0.791. The van der Waals surface area contributed by atoms with E-state index in [-0.39, 0.29) is 6.04 Å². The van der Waals surface area contributed by atoms with Crippen molar-refractivity contribution in [1.29, 1.82) is 0 Å². The first kappa shape index (κ1) is 13.3. The molecule has 5 nitrogen and oxygen atoms in total. The second-order valence-corrected chi connectivity index (χ2v) is 4.54. The van der Waals surface area contributed by atoms with Gasteiger partial charge in [0.2, 0.25) is 5.95 Å². The number of benzene rings is 1. The molecule has 4 N–H and O–H groups in total. The Morgan fingerprint density at radius 3 is 2.89 bits per heavy atom. The summed E-state index contributed by atoms with van der Waals surface area (Å²) in [6, 6.07) is 10.1. The van der Waals surface area contributed by atoms with Crippen LogP contribution in [0.2, 0.25) is 0 Å². The largest absolute Gasteiger partial charge is 0.350 e. The van der Waals surface area contributed by atoms with Gasteiger partial charge in [-0.15, -0.1) is 0 Å². The third-order valence-corrected chi connectivity index (χ3v) is 2.68. The molecule has 1 aromatic carbocycles. The highest BCUT2D eigenvalue weighted by Crippen LogP contribution is 2.16. The maximum Gasteiger partial charge on any atom is 0.224 e. The Labute approximate surface area is 113 Å². The second-order valence-electron chi connectivity index (χ2n) is 4.54. The van der Waals surface area contributed by atoms with Gasteiger partial charge in [0, 0.05) is 24.5 Å². The molecule has 0 fully saturated rings. The number of aryl methyl sites for hydroxylation is 1. The SMILES string of the molecule is Cc1cccc(Nc2ccnc(N[C@H](C)CN)n2)c1. The van der Waals surface area contributed by atoms with E-state index in [0.717, 1.165) is 11.5 Å². The Kier molecular flexibility index (Phi) is 4.30. The monoisotopic (exact) mass is 257 g/mol. The standard InChI is InChI=1S/C14H19N5/c1-10-4-3-5-12(8-10)18-13-6-7-16-14(19-13)17-11(2)9-15/h3-8,11H,9,15H2,1-2H3,(H2,16,17,18,19)/t11-/m1/s1. The summed E-state index contributed by atoms with van der Waals surface area (Å²) < 4.78 is 0. The number of hydrogen-bond donors (Lipinski definition) is 3. The van der Waals surface area contributed by atoms with Crippen LogP contribution < -0.4 is 16.4 Å². The van der Waals surface area contributed by atoms with Crippen LogP contribution in [0.25, 0.3) is 0 Å². The fraction of sp³-hybridized carbons (Fsp3) is 0.286. The van der Waals surface area contributed by atoms with E-state index in [2.05, 4.69) is 39.7 Å². The predicted molar refractivity (Wildman–Crippen MR) is 78.6 cm³/mol. The smallest absolute Gasteiger partial charge is 0.224 e. The van der Waals surface area contributed by atoms with Crippen molar-refractivity contribution in [3.05, 3.63) is 42.1 Å². The second kappa shape index (κ2) is 6.15. The maximum absolute atomic E-state index is 5.56. The Hall–Kier alpha value is -2.14. The number of nitrogens with zero attached hydrogens (tertiary/aromatic N) is 2. The quantitative estimate of drug-likeness (QED) is 0.766. The normalized spacial score (nSPS) is 11.9. The molecule has 0 saturated carbocycles. The molecule has 0 bridgehead atoms. The van der Waals surface area contributed by atoms with Gasteiger partial charge < -0.3 is 16.4 Å². The maximum atomic E-state index is 5.56. The van der Waals surface area contributed by atoms with Crippen molar-refractivity contribution in [2.45, 2.75) is 19.9 Å². The molecule has 0 saturated heterocycles. The van der Waals surface area contributed by atoms with Gasteiger partial charge in [-0.3, -0.25) is 0 Å². The highest BCUT2D eigenvalue weighted by atomic mass is 15.2. The van der Waals surface area contributed by atoms with E-state index in [1.807, 2.05) is 25.1 Å². The molecule has 1 atom stereocenters. The predicted octanol–water partition coefficient (Wildman–Crippen LogP) is 2.29. The van der Waals surface area contributed by atoms with Crippen molar-refractivity contribution in [2.24, 2.45) is 5.73 Å². The summed E-state index contributed by atoms with van der Waals surface area (Å²) in [5, 5.41) is 6.40. The van der Waals surface area contributed by atoms with Crippen LogP contribution in [0.5, 0.6) is 0 Å². The summed E-state index contributed by atoms with van der Waals surface area (Å²) in [6.45, 7) is 4.59. The summed E-state index contributed by atoms with van der Waals surface area (Å²) in [6.07, 6.45) is 1.72. The van der Waals surface area contributed by atoms with Crippen LogP contribution in [0.4, 0.5) is 17.5 Å². The van der Waals surface area contributed by atoms with Crippen LogP contribution in [-0.4, -0.2) is 22.6 Å². The zero-order valence-electron chi connectivity index (χ0n) is 11.2. The average Bonchev–Trinajstić information content (AvgIpc) is 2.39. The highest BCUT2D eigenvalue weighted by Gasteiger charge is 2.03. The Balaban J connectivity index is 2.10. The molecule has 5 heteroatoms. The van der Waals surface area contributed by atoms with E-state index in [1.54, 1.807) is 6.20 Å². The molecular weight excluding hydrogens is 238 g/mol. The number of aromatic nitrogens is 2. The lowest BCUT2D eigenvalue weighted by Gasteiger charge is -2.12. The fourth-order valence-corrected chi connectivity index (χ4v) is 1.65. The van der Waals surface area contributed by atoms with Crippen LogP contribution in [0, 0.1) is 6.92 Å². The summed E-state index contributed by atoms with van der Waals surface area (Å²) in [4.78, 5) is 8.57. The fourth-order valence-electron chi connectivity index (χ4n) is 1.65. The third-order valence-electron chi connectivity index (χ3n) is 2.68. The van der Waals surface area contributed by atoms with Crippen LogP contribution >= 0.6 is 0 Å². The Morgan fingerprint density at radius 1 is 1.32 bits per heavy atom. The van der Waals surface area contributed by atoms with Crippen molar-refractivity contribution in [1.82, 2.24) is 9.97 Å². The molecule has 0 radical (unpaired) electrons. The molecule has 0 aliphatic rings. The number of nitrogens with two attached hydrogens (primary N) is 1. The van der Waals surface area contributed by atoms with Crippen molar-refractivity contribution in [3.63, 3.8) is 0 Å². The van der Waals surface area contributed by atoms with E-state index < -0.39 is 0 Å². The minimum Gasteiger partial charge on any atom is -0.350 e. The first-order valence-electron chi connectivity index (χ1n) is 6.30. The van der Waals surface area contributed by atoms with Crippen molar-refractivity contribution in [2.75, 3.05) is 17.2 Å². The van der Waals surface area contributed by atoms with Gasteiger partial charge in [0.15, 0.2) is 0 Å². The molecular formula is C14H19N5. The summed E-state index contributed by atoms with van der Waals surface area (Å²) in [7, 11) is 0. The zero-order valence-corrected chi connectivity index (χ0v) is 11.2. The van der Waals surface area contributed by atoms with Crippen molar-refractivity contribution >= 4 is 17.5 Å². The molecule has 0 amide bonds. The van der Waals surface area contributed by atoms with E-state index >= 15 is 0 Å². The van der Waals surface area contributed by atoms with E-state index in [0.29, 0.717) is 12.5 Å². The number of nitrogens with one attached hydrogen (secondary N) is 2. The number of anilines is 3. The molecule has 0 aliphatic heterocycles. The lowest BCUT2D eigenvalue weighted by Crippen LogP contribution is -2.26. The van der Waals surface area contributed by atoms with Gasteiger partial charge in [0.05, 0.1) is 0 Å². The van der Waals surface area contributed by atoms with Crippen LogP contribution in [0.3, 0.4) is 0 Å². The molecule has 1 heterocycles. The van der Waals surface area contributed by atoms with Crippen LogP contribution in [0.15, 0.2) is 36.5 Å². The molecule has 0 spiro atoms. The van der Waals surface area contributed by atoms with Gasteiger partial charge in [-0.25, -0.2) is 4.98 Å². The molecule has 19 heavy (non-hydrogen) atoms. The summed E-state index contributed by atoms with van der Waals surface area (Å²) in [5.41, 5.74) is 7.78. The summed E-state index contributed by atoms with van der Waals surface area (Å²) >= 11 is 0. The molecule has 0 aliphatic carbocycles. The molecule has 0 unspecified atom stereocenters. The molecule has 2 rings (SSSR count). The Morgan fingerprint density at radius 2 is 2.16 bits per heavy atom. The van der Waals surface area contributed by atoms with Gasteiger partial charge in [0.25, 0.3) is 0 Å². The van der Waals surface area contributed by atoms with Gasteiger partial charge in [-0.05, 0) is 37.6 Å². The van der Waals surface area contributed by atoms with Gasteiger partial charge in [-0.2, -0.15) is 4.98 Å². The number of hydrogen-bond acceptors (Lipinski definition) is 5. The molecule has 2 aromatic rings. The van der Waals surface area contributed by atoms with Crippen LogP contribution in [0.1, 0.15) is 12.5 Å². The van der Waals surface area contributed by atoms with Gasteiger partial charge >= 0.3 is 0 Å². The van der Waals surface area contributed by atoms with Gasteiger partial charge in [0.1, 0.15) is 5.82 Å². The minimum absolute atomic E-state index is 0.147. The summed E-state index contributed by atoms with van der Waals surface area (Å²) in [5.74, 6) is 1.34. The first-order valence-corrected chi connectivity index (χ1v) is 6.30. The topological polar surface area (TPSA) is 75.9 Å². The average molecular weight is 257 g/mol. The third kappa shape index (κ3) is 3.93. The molecule has 100 valence electrons. The minimum atomic E-state index is 0.147. The van der Waals surface area contributed by atoms with Gasteiger partial charge in [-0.1, -0.05) is 12.1 Å². The zero-order chi connectivity index (χ0) is 13.7. The highest BCUT2D eigenvalue weighted by molar-refractivity contribution is 5.57.